The quantitative estimate of drug-likeness (QED) is 0.332. The molecule has 0 saturated carbocycles. The van der Waals surface area contributed by atoms with Gasteiger partial charge in [0.2, 0.25) is 0 Å². The molecule has 5 heteroatoms. The van der Waals surface area contributed by atoms with Gasteiger partial charge in [0.1, 0.15) is 5.82 Å². The average Bonchev–Trinajstić information content (AvgIpc) is 2.28. The van der Waals surface area contributed by atoms with Crippen molar-refractivity contribution in [1.82, 2.24) is 0 Å². The first-order chi connectivity index (χ1) is 8.38. The summed E-state index contributed by atoms with van der Waals surface area (Å²) in [4.78, 5) is 11.6. The Bertz CT molecular complexity index is 449. The predicted molar refractivity (Wildman–Crippen MR) is 59.8 cm³/mol. The van der Waals surface area contributed by atoms with Crippen LogP contribution in [-0.2, 0) is 6.18 Å². The van der Waals surface area contributed by atoms with Gasteiger partial charge in [-0.15, -0.1) is 6.58 Å². The monoisotopic (exact) mass is 260 g/mol. The first-order valence-electron chi connectivity index (χ1n) is 5.37. The Balaban J connectivity index is 2.97. The van der Waals surface area contributed by atoms with E-state index in [0.29, 0.717) is 18.9 Å². The van der Waals surface area contributed by atoms with Crippen molar-refractivity contribution in [3.05, 3.63) is 47.8 Å². The lowest BCUT2D eigenvalue weighted by Crippen LogP contribution is -2.12. The minimum atomic E-state index is -4.79. The van der Waals surface area contributed by atoms with Crippen molar-refractivity contribution in [2.24, 2.45) is 0 Å². The minimum absolute atomic E-state index is 0.00422. The summed E-state index contributed by atoms with van der Waals surface area (Å²) in [6, 6.07) is 2.73. The topological polar surface area (TPSA) is 17.1 Å². The number of Topliss-reactive ketones (excluding diaryl/α,β-unsaturated/α-hetero) is 1. The molecule has 0 fully saturated rings. The molecule has 0 atom stereocenters. The maximum atomic E-state index is 13.6. The Hall–Kier alpha value is -1.65. The van der Waals surface area contributed by atoms with Crippen LogP contribution in [-0.4, -0.2) is 5.78 Å². The van der Waals surface area contributed by atoms with Crippen LogP contribution in [0.4, 0.5) is 17.6 Å². The molecular formula is C13H12F4O. The fourth-order valence-electron chi connectivity index (χ4n) is 1.51. The molecule has 1 aromatic carbocycles. The van der Waals surface area contributed by atoms with Crippen molar-refractivity contribution in [2.75, 3.05) is 0 Å². The Labute approximate surface area is 102 Å². The summed E-state index contributed by atoms with van der Waals surface area (Å²) in [5, 5.41) is 0. The molecule has 0 aromatic heterocycles. The lowest BCUT2D eigenvalue weighted by molar-refractivity contribution is -0.140. The minimum Gasteiger partial charge on any atom is -0.294 e. The second-order valence-corrected chi connectivity index (χ2v) is 3.77. The lowest BCUT2D eigenvalue weighted by atomic mass is 10.0. The van der Waals surface area contributed by atoms with E-state index >= 15 is 0 Å². The number of unbranched alkanes of at least 4 members (excludes halogenated alkanes) is 1. The average molecular weight is 260 g/mol. The number of hydrogen-bond acceptors (Lipinski definition) is 1. The maximum absolute atomic E-state index is 13.6. The van der Waals surface area contributed by atoms with Gasteiger partial charge in [0.15, 0.2) is 5.78 Å². The van der Waals surface area contributed by atoms with Gasteiger partial charge in [0.05, 0.1) is 11.1 Å². The molecule has 1 aromatic rings. The third-order valence-corrected chi connectivity index (χ3v) is 2.42. The molecule has 1 rings (SSSR count). The standard InChI is InChI=1S/C13H12F4O/c1-2-3-4-8-11(18)9-6-5-7-10(12(9)14)13(15,16)17/h2,5-7H,1,3-4,8H2. The summed E-state index contributed by atoms with van der Waals surface area (Å²) >= 11 is 0. The molecule has 98 valence electrons. The van der Waals surface area contributed by atoms with E-state index in [0.717, 1.165) is 12.1 Å². The van der Waals surface area contributed by atoms with Crippen molar-refractivity contribution in [3.8, 4) is 0 Å². The van der Waals surface area contributed by atoms with Gasteiger partial charge < -0.3 is 0 Å². The number of hydrogen-bond donors (Lipinski definition) is 0. The molecule has 0 amide bonds. The van der Waals surface area contributed by atoms with Crippen molar-refractivity contribution in [2.45, 2.75) is 25.4 Å². The third kappa shape index (κ3) is 3.42. The SMILES string of the molecule is C=CCCCC(=O)c1cccc(C(F)(F)F)c1F. The lowest BCUT2D eigenvalue weighted by Gasteiger charge is -2.10. The van der Waals surface area contributed by atoms with Crippen LogP contribution in [0.1, 0.15) is 35.2 Å². The Morgan fingerprint density at radius 2 is 2.00 bits per heavy atom. The molecule has 0 aliphatic heterocycles. The van der Waals surface area contributed by atoms with Crippen LogP contribution >= 0.6 is 0 Å². The second-order valence-electron chi connectivity index (χ2n) is 3.77. The molecular weight excluding hydrogens is 248 g/mol. The molecule has 0 heterocycles. The van der Waals surface area contributed by atoms with Crippen molar-refractivity contribution < 1.29 is 22.4 Å². The van der Waals surface area contributed by atoms with Gasteiger partial charge in [-0.1, -0.05) is 12.1 Å². The highest BCUT2D eigenvalue weighted by atomic mass is 19.4. The highest BCUT2D eigenvalue weighted by Gasteiger charge is 2.35. The van der Waals surface area contributed by atoms with Crippen molar-refractivity contribution in [3.63, 3.8) is 0 Å². The van der Waals surface area contributed by atoms with Gasteiger partial charge in [0, 0.05) is 6.42 Å². The number of halogens is 4. The first kappa shape index (κ1) is 14.4. The van der Waals surface area contributed by atoms with Crippen LogP contribution < -0.4 is 0 Å². The van der Waals surface area contributed by atoms with Gasteiger partial charge in [-0.25, -0.2) is 4.39 Å². The molecule has 1 nitrogen and oxygen atoms in total. The first-order valence-corrected chi connectivity index (χ1v) is 5.37. The van der Waals surface area contributed by atoms with E-state index in [1.54, 1.807) is 6.08 Å². The van der Waals surface area contributed by atoms with E-state index in [-0.39, 0.29) is 6.42 Å². The highest BCUT2D eigenvalue weighted by Crippen LogP contribution is 2.32. The summed E-state index contributed by atoms with van der Waals surface area (Å²) < 4.78 is 50.9. The summed E-state index contributed by atoms with van der Waals surface area (Å²) in [6.07, 6.45) is -2.19. The van der Waals surface area contributed by atoms with E-state index in [4.69, 9.17) is 0 Å². The molecule has 0 aliphatic carbocycles. The molecule has 0 N–H and O–H groups in total. The number of alkyl halides is 3. The zero-order valence-electron chi connectivity index (χ0n) is 9.56. The van der Waals surface area contributed by atoms with E-state index < -0.39 is 28.9 Å². The normalized spacial score (nSPS) is 11.3. The van der Waals surface area contributed by atoms with E-state index in [1.807, 2.05) is 0 Å². The molecule has 0 aliphatic rings. The summed E-state index contributed by atoms with van der Waals surface area (Å²) in [5.74, 6) is -2.12. The Kier molecular flexibility index (Phi) is 4.64. The Morgan fingerprint density at radius 3 is 2.56 bits per heavy atom. The number of carbonyl (C=O) groups excluding carboxylic acids is 1. The molecule has 0 saturated heterocycles. The van der Waals surface area contributed by atoms with E-state index in [2.05, 4.69) is 6.58 Å². The van der Waals surface area contributed by atoms with Crippen LogP contribution in [0, 0.1) is 5.82 Å². The van der Waals surface area contributed by atoms with Crippen LogP contribution in [0.25, 0.3) is 0 Å². The van der Waals surface area contributed by atoms with Crippen LogP contribution in [0.5, 0.6) is 0 Å². The number of carbonyl (C=O) groups is 1. The van der Waals surface area contributed by atoms with Gasteiger partial charge in [-0.3, -0.25) is 4.79 Å². The summed E-state index contributed by atoms with van der Waals surface area (Å²) in [5.41, 5.74) is -1.91. The predicted octanol–water partition coefficient (Wildman–Crippen LogP) is 4.38. The molecule has 0 spiro atoms. The summed E-state index contributed by atoms with van der Waals surface area (Å²) in [7, 11) is 0. The van der Waals surface area contributed by atoms with Crippen molar-refractivity contribution >= 4 is 5.78 Å². The van der Waals surface area contributed by atoms with Gasteiger partial charge in [0.25, 0.3) is 0 Å². The van der Waals surface area contributed by atoms with Crippen molar-refractivity contribution in [1.29, 1.82) is 0 Å². The molecule has 0 bridgehead atoms. The van der Waals surface area contributed by atoms with Crippen LogP contribution in [0.2, 0.25) is 0 Å². The number of ketones is 1. The smallest absolute Gasteiger partial charge is 0.294 e. The van der Waals surface area contributed by atoms with Crippen LogP contribution in [0.15, 0.2) is 30.9 Å². The van der Waals surface area contributed by atoms with E-state index in [9.17, 15) is 22.4 Å². The number of rotatable bonds is 5. The van der Waals surface area contributed by atoms with Gasteiger partial charge in [-0.2, -0.15) is 13.2 Å². The Morgan fingerprint density at radius 1 is 1.33 bits per heavy atom. The maximum Gasteiger partial charge on any atom is 0.419 e. The molecule has 0 radical (unpaired) electrons. The zero-order chi connectivity index (χ0) is 13.8. The third-order valence-electron chi connectivity index (χ3n) is 2.42. The van der Waals surface area contributed by atoms with Crippen LogP contribution in [0.3, 0.4) is 0 Å². The molecule has 0 unspecified atom stereocenters. The number of benzene rings is 1. The molecule has 18 heavy (non-hydrogen) atoms. The fraction of sp³-hybridized carbons (Fsp3) is 0.308. The van der Waals surface area contributed by atoms with E-state index in [1.165, 1.54) is 0 Å². The largest absolute Gasteiger partial charge is 0.419 e. The van der Waals surface area contributed by atoms with Gasteiger partial charge in [-0.05, 0) is 25.0 Å². The highest BCUT2D eigenvalue weighted by molar-refractivity contribution is 5.96. The fourth-order valence-corrected chi connectivity index (χ4v) is 1.51. The zero-order valence-corrected chi connectivity index (χ0v) is 9.56. The summed E-state index contributed by atoms with van der Waals surface area (Å²) in [6.45, 7) is 3.46. The van der Waals surface area contributed by atoms with Gasteiger partial charge >= 0.3 is 6.18 Å². The second kappa shape index (κ2) is 5.80. The number of allylic oxidation sites excluding steroid dienone is 1.